The molecule has 0 radical (unpaired) electrons. The van der Waals surface area contributed by atoms with Gasteiger partial charge in [0.25, 0.3) is 0 Å². The lowest BCUT2D eigenvalue weighted by Gasteiger charge is -2.34. The first-order chi connectivity index (χ1) is 12.4. The van der Waals surface area contributed by atoms with Gasteiger partial charge in [0.2, 0.25) is 0 Å². The minimum Gasteiger partial charge on any atom is -0.410 e. The first kappa shape index (κ1) is 18.3. The maximum Gasteiger partial charge on any atom is 0.416 e. The number of piperazine rings is 1. The summed E-state index contributed by atoms with van der Waals surface area (Å²) in [4.78, 5) is 15.9. The number of hydrogen-bond acceptors (Lipinski definition) is 3. The number of ether oxygens (including phenoxy) is 1. The molecular formula is C19H19F3N2O2. The fraction of sp³-hybridized carbons (Fsp3) is 0.316. The second-order valence-corrected chi connectivity index (χ2v) is 6.14. The highest BCUT2D eigenvalue weighted by Crippen LogP contribution is 2.31. The molecule has 4 nitrogen and oxygen atoms in total. The molecule has 1 fully saturated rings. The van der Waals surface area contributed by atoms with Gasteiger partial charge >= 0.3 is 12.3 Å². The molecule has 26 heavy (non-hydrogen) atoms. The lowest BCUT2D eigenvalue weighted by molar-refractivity contribution is -0.137. The van der Waals surface area contributed by atoms with Crippen molar-refractivity contribution in [3.8, 4) is 5.75 Å². The van der Waals surface area contributed by atoms with Crippen LogP contribution < -0.4 is 4.74 Å². The van der Waals surface area contributed by atoms with Crippen molar-refractivity contribution in [1.82, 2.24) is 9.80 Å². The Balaban J connectivity index is 1.52. The number of halogens is 3. The summed E-state index contributed by atoms with van der Waals surface area (Å²) >= 11 is 0. The first-order valence-electron chi connectivity index (χ1n) is 8.32. The molecule has 0 spiro atoms. The van der Waals surface area contributed by atoms with E-state index < -0.39 is 17.8 Å². The van der Waals surface area contributed by atoms with Crippen LogP contribution in [0.25, 0.3) is 0 Å². The second kappa shape index (κ2) is 7.78. The number of alkyl halides is 3. The van der Waals surface area contributed by atoms with Gasteiger partial charge in [0.05, 0.1) is 5.56 Å². The van der Waals surface area contributed by atoms with Crippen molar-refractivity contribution < 1.29 is 22.7 Å². The zero-order chi connectivity index (χ0) is 18.6. The van der Waals surface area contributed by atoms with E-state index in [0.29, 0.717) is 26.2 Å². The van der Waals surface area contributed by atoms with Crippen LogP contribution in [0.3, 0.4) is 0 Å². The minimum absolute atomic E-state index is 0.100. The van der Waals surface area contributed by atoms with E-state index >= 15 is 0 Å². The predicted octanol–water partition coefficient (Wildman–Crippen LogP) is 4.02. The van der Waals surface area contributed by atoms with E-state index in [1.807, 2.05) is 30.3 Å². The number of carbonyl (C=O) groups is 1. The SMILES string of the molecule is O=C(Oc1cccc(C(F)(F)F)c1)N1CCN(Cc2ccccc2)CC1. The zero-order valence-corrected chi connectivity index (χ0v) is 14.1. The van der Waals surface area contributed by atoms with Gasteiger partial charge in [-0.15, -0.1) is 0 Å². The third-order valence-corrected chi connectivity index (χ3v) is 4.25. The van der Waals surface area contributed by atoms with Crippen LogP contribution in [0.2, 0.25) is 0 Å². The summed E-state index contributed by atoms with van der Waals surface area (Å²) in [5, 5.41) is 0. The Hall–Kier alpha value is -2.54. The number of amides is 1. The van der Waals surface area contributed by atoms with E-state index in [2.05, 4.69) is 4.90 Å². The molecule has 1 heterocycles. The molecular weight excluding hydrogens is 345 g/mol. The molecule has 0 N–H and O–H groups in total. The van der Waals surface area contributed by atoms with Gasteiger partial charge in [-0.1, -0.05) is 36.4 Å². The Labute approximate surface area is 149 Å². The Bertz CT molecular complexity index is 742. The summed E-state index contributed by atoms with van der Waals surface area (Å²) < 4.78 is 43.3. The summed E-state index contributed by atoms with van der Waals surface area (Å²) in [5.41, 5.74) is 0.364. The summed E-state index contributed by atoms with van der Waals surface area (Å²) in [6.45, 7) is 3.13. The van der Waals surface area contributed by atoms with Crippen LogP contribution in [-0.2, 0) is 12.7 Å². The molecule has 0 unspecified atom stereocenters. The number of nitrogens with zero attached hydrogens (tertiary/aromatic N) is 2. The Morgan fingerprint density at radius 3 is 2.31 bits per heavy atom. The van der Waals surface area contributed by atoms with E-state index in [-0.39, 0.29) is 5.75 Å². The van der Waals surface area contributed by atoms with E-state index in [9.17, 15) is 18.0 Å². The number of hydrogen-bond donors (Lipinski definition) is 0. The number of carbonyl (C=O) groups excluding carboxylic acids is 1. The highest BCUT2D eigenvalue weighted by atomic mass is 19.4. The van der Waals surface area contributed by atoms with Crippen LogP contribution in [0, 0.1) is 0 Å². The molecule has 0 saturated carbocycles. The molecule has 0 bridgehead atoms. The van der Waals surface area contributed by atoms with Gasteiger partial charge in [0.1, 0.15) is 5.75 Å². The van der Waals surface area contributed by atoms with Crippen molar-refractivity contribution in [3.05, 3.63) is 65.7 Å². The average molecular weight is 364 g/mol. The largest absolute Gasteiger partial charge is 0.416 e. The van der Waals surface area contributed by atoms with Crippen LogP contribution in [0.1, 0.15) is 11.1 Å². The molecule has 1 aliphatic heterocycles. The average Bonchev–Trinajstić information content (AvgIpc) is 2.63. The molecule has 1 saturated heterocycles. The number of rotatable bonds is 3. The maximum atomic E-state index is 12.7. The van der Waals surface area contributed by atoms with Crippen LogP contribution in [0.15, 0.2) is 54.6 Å². The molecule has 2 aromatic carbocycles. The van der Waals surface area contributed by atoms with Gasteiger partial charge in [0.15, 0.2) is 0 Å². The Morgan fingerprint density at radius 1 is 0.962 bits per heavy atom. The fourth-order valence-corrected chi connectivity index (χ4v) is 2.83. The second-order valence-electron chi connectivity index (χ2n) is 6.14. The van der Waals surface area contributed by atoms with Crippen molar-refractivity contribution in [2.45, 2.75) is 12.7 Å². The van der Waals surface area contributed by atoms with Crippen molar-refractivity contribution in [3.63, 3.8) is 0 Å². The predicted molar refractivity (Wildman–Crippen MR) is 90.8 cm³/mol. The molecule has 3 rings (SSSR count). The van der Waals surface area contributed by atoms with Gasteiger partial charge in [-0.25, -0.2) is 4.79 Å². The molecule has 0 aliphatic carbocycles. The summed E-state index contributed by atoms with van der Waals surface area (Å²) in [6, 6.07) is 14.4. The molecule has 2 aromatic rings. The van der Waals surface area contributed by atoms with E-state index in [0.717, 1.165) is 18.7 Å². The third kappa shape index (κ3) is 4.76. The lowest BCUT2D eigenvalue weighted by Crippen LogP contribution is -2.49. The van der Waals surface area contributed by atoms with Crippen molar-refractivity contribution >= 4 is 6.09 Å². The van der Waals surface area contributed by atoms with E-state index in [1.165, 1.54) is 22.6 Å². The van der Waals surface area contributed by atoms with Gasteiger partial charge in [0, 0.05) is 32.7 Å². The normalized spacial score (nSPS) is 15.7. The Morgan fingerprint density at radius 2 is 1.65 bits per heavy atom. The molecule has 1 amide bonds. The highest BCUT2D eigenvalue weighted by Gasteiger charge is 2.31. The third-order valence-electron chi connectivity index (χ3n) is 4.25. The van der Waals surface area contributed by atoms with Crippen molar-refractivity contribution in [2.24, 2.45) is 0 Å². The quantitative estimate of drug-likeness (QED) is 0.825. The summed E-state index contributed by atoms with van der Waals surface area (Å²) in [5.74, 6) is -0.100. The lowest BCUT2D eigenvalue weighted by atomic mass is 10.2. The topological polar surface area (TPSA) is 32.8 Å². The monoisotopic (exact) mass is 364 g/mol. The van der Waals surface area contributed by atoms with Gasteiger partial charge in [-0.05, 0) is 23.8 Å². The highest BCUT2D eigenvalue weighted by molar-refractivity contribution is 5.70. The van der Waals surface area contributed by atoms with Crippen LogP contribution in [-0.4, -0.2) is 42.1 Å². The molecule has 0 aromatic heterocycles. The first-order valence-corrected chi connectivity index (χ1v) is 8.32. The maximum absolute atomic E-state index is 12.7. The summed E-state index contributed by atoms with van der Waals surface area (Å²) in [7, 11) is 0. The van der Waals surface area contributed by atoms with Crippen LogP contribution >= 0.6 is 0 Å². The standard InChI is InChI=1S/C19H19F3N2O2/c20-19(21,22)16-7-4-8-17(13-16)26-18(25)24-11-9-23(10-12-24)14-15-5-2-1-3-6-15/h1-8,13H,9-12,14H2. The van der Waals surface area contributed by atoms with E-state index in [4.69, 9.17) is 4.74 Å². The van der Waals surface area contributed by atoms with Crippen molar-refractivity contribution in [2.75, 3.05) is 26.2 Å². The molecule has 138 valence electrons. The van der Waals surface area contributed by atoms with Gasteiger partial charge < -0.3 is 9.64 Å². The van der Waals surface area contributed by atoms with Gasteiger partial charge in [-0.2, -0.15) is 13.2 Å². The molecule has 1 aliphatic rings. The zero-order valence-electron chi connectivity index (χ0n) is 14.1. The summed E-state index contributed by atoms with van der Waals surface area (Å²) in [6.07, 6.45) is -5.09. The van der Waals surface area contributed by atoms with Crippen LogP contribution in [0.4, 0.5) is 18.0 Å². The minimum atomic E-state index is -4.47. The fourth-order valence-electron chi connectivity index (χ4n) is 2.83. The number of benzene rings is 2. The molecule has 0 atom stereocenters. The van der Waals surface area contributed by atoms with Gasteiger partial charge in [-0.3, -0.25) is 4.90 Å². The van der Waals surface area contributed by atoms with Crippen LogP contribution in [0.5, 0.6) is 5.75 Å². The smallest absolute Gasteiger partial charge is 0.410 e. The Kier molecular flexibility index (Phi) is 5.46. The molecule has 7 heteroatoms. The van der Waals surface area contributed by atoms with Crippen molar-refractivity contribution in [1.29, 1.82) is 0 Å². The van der Waals surface area contributed by atoms with E-state index in [1.54, 1.807) is 0 Å².